The van der Waals surface area contributed by atoms with Crippen LogP contribution in [0.2, 0.25) is 0 Å². The molecule has 0 aliphatic heterocycles. The number of aryl methyl sites for hydroxylation is 1. The molecule has 0 bridgehead atoms. The van der Waals surface area contributed by atoms with E-state index in [1.165, 1.54) is 11.1 Å². The number of hydrogen-bond donors (Lipinski definition) is 2. The number of aliphatic hydroxyl groups excluding tert-OH is 1. The molecule has 0 saturated carbocycles. The van der Waals surface area contributed by atoms with Crippen LogP contribution < -0.4 is 5.32 Å². The summed E-state index contributed by atoms with van der Waals surface area (Å²) in [5.41, 5.74) is 2.40. The van der Waals surface area contributed by atoms with Crippen LogP contribution in [0.15, 0.2) is 28.9 Å². The maximum absolute atomic E-state index is 10.3. The zero-order chi connectivity index (χ0) is 15.6. The molecule has 114 valence electrons. The van der Waals surface area contributed by atoms with E-state index in [9.17, 15) is 5.11 Å². The fourth-order valence-electron chi connectivity index (χ4n) is 1.92. The summed E-state index contributed by atoms with van der Waals surface area (Å²) >= 11 is 5.02. The van der Waals surface area contributed by atoms with Crippen LogP contribution >= 0.6 is 27.3 Å². The van der Waals surface area contributed by atoms with Crippen molar-refractivity contribution in [2.75, 3.05) is 0 Å². The number of aromatic nitrogens is 1. The summed E-state index contributed by atoms with van der Waals surface area (Å²) in [6, 6.07) is 6.15. The number of nitrogens with zero attached hydrogens (tertiary/aromatic N) is 1. The van der Waals surface area contributed by atoms with Gasteiger partial charge in [0, 0.05) is 22.6 Å². The topological polar surface area (TPSA) is 45.1 Å². The van der Waals surface area contributed by atoms with E-state index < -0.39 is 6.23 Å². The van der Waals surface area contributed by atoms with Gasteiger partial charge in [-0.3, -0.25) is 5.32 Å². The van der Waals surface area contributed by atoms with Crippen molar-refractivity contribution in [1.82, 2.24) is 10.3 Å². The number of thiazole rings is 1. The first-order valence-corrected chi connectivity index (χ1v) is 8.51. The minimum atomic E-state index is -0.679. The first kappa shape index (κ1) is 16.6. The molecular weight excluding hydrogens is 348 g/mol. The average molecular weight is 369 g/mol. The summed E-state index contributed by atoms with van der Waals surface area (Å²) in [5.74, 6) is 0. The Balaban J connectivity index is 2.01. The third-order valence-electron chi connectivity index (χ3n) is 3.23. The highest BCUT2D eigenvalue weighted by Gasteiger charge is 2.20. The summed E-state index contributed by atoms with van der Waals surface area (Å²) < 4.78 is 1.07. The van der Waals surface area contributed by atoms with Crippen LogP contribution in [-0.4, -0.2) is 10.1 Å². The molecule has 1 heterocycles. The first-order chi connectivity index (χ1) is 9.77. The molecule has 0 aliphatic carbocycles. The molecule has 1 aromatic heterocycles. The molecular formula is C16H21BrN2OS. The molecule has 0 radical (unpaired) electrons. The molecule has 0 spiro atoms. The Bertz CT molecular complexity index is 619. The van der Waals surface area contributed by atoms with Crippen LogP contribution in [0.5, 0.6) is 0 Å². The molecule has 2 rings (SSSR count). The van der Waals surface area contributed by atoms with Gasteiger partial charge in [-0.25, -0.2) is 4.98 Å². The molecule has 5 heteroatoms. The Kier molecular flexibility index (Phi) is 5.20. The minimum absolute atomic E-state index is 0.0188. The average Bonchev–Trinajstić information content (AvgIpc) is 2.87. The van der Waals surface area contributed by atoms with E-state index in [0.717, 1.165) is 14.4 Å². The van der Waals surface area contributed by atoms with Gasteiger partial charge in [0.2, 0.25) is 0 Å². The summed E-state index contributed by atoms with van der Waals surface area (Å²) in [4.78, 5) is 5.26. The van der Waals surface area contributed by atoms with Gasteiger partial charge in [-0.15, -0.1) is 11.3 Å². The standard InChI is InChI=1S/C16H21BrN2OS/c1-10-7-12(17)6-5-11(10)8-18-14(20)13-9-19-15(21-13)16(2,3)4/h5-7,9,14,18,20H,8H2,1-4H3. The van der Waals surface area contributed by atoms with Crippen molar-refractivity contribution in [2.24, 2.45) is 0 Å². The van der Waals surface area contributed by atoms with E-state index in [2.05, 4.69) is 66.1 Å². The summed E-state index contributed by atoms with van der Waals surface area (Å²) in [6.07, 6.45) is 1.08. The van der Waals surface area contributed by atoms with E-state index in [-0.39, 0.29) is 5.41 Å². The van der Waals surface area contributed by atoms with Crippen LogP contribution in [0.25, 0.3) is 0 Å². The molecule has 0 amide bonds. The number of aliphatic hydroxyl groups is 1. The Morgan fingerprint density at radius 1 is 1.38 bits per heavy atom. The minimum Gasteiger partial charge on any atom is -0.373 e. The van der Waals surface area contributed by atoms with Crippen molar-refractivity contribution >= 4 is 27.3 Å². The van der Waals surface area contributed by atoms with Gasteiger partial charge in [-0.05, 0) is 30.2 Å². The Morgan fingerprint density at radius 2 is 2.10 bits per heavy atom. The molecule has 0 aliphatic rings. The van der Waals surface area contributed by atoms with Gasteiger partial charge < -0.3 is 5.11 Å². The van der Waals surface area contributed by atoms with Crippen LogP contribution in [0, 0.1) is 6.92 Å². The number of nitrogens with one attached hydrogen (secondary N) is 1. The molecule has 1 unspecified atom stereocenters. The molecule has 0 saturated heterocycles. The van der Waals surface area contributed by atoms with Gasteiger partial charge in [0.25, 0.3) is 0 Å². The van der Waals surface area contributed by atoms with E-state index in [1.54, 1.807) is 17.5 Å². The summed E-state index contributed by atoms with van der Waals surface area (Å²) in [5, 5.41) is 14.4. The number of halogens is 1. The van der Waals surface area contributed by atoms with Crippen molar-refractivity contribution in [3.05, 3.63) is 49.9 Å². The Hall–Kier alpha value is -0.750. The van der Waals surface area contributed by atoms with Crippen molar-refractivity contribution < 1.29 is 5.11 Å². The maximum atomic E-state index is 10.3. The second kappa shape index (κ2) is 6.57. The predicted molar refractivity (Wildman–Crippen MR) is 91.5 cm³/mol. The summed E-state index contributed by atoms with van der Waals surface area (Å²) in [7, 11) is 0. The molecule has 1 atom stereocenters. The normalized spacial score (nSPS) is 13.4. The van der Waals surface area contributed by atoms with Gasteiger partial charge in [-0.1, -0.05) is 42.8 Å². The van der Waals surface area contributed by atoms with Crippen LogP contribution in [0.3, 0.4) is 0 Å². The van der Waals surface area contributed by atoms with E-state index in [1.807, 2.05) is 6.07 Å². The zero-order valence-electron chi connectivity index (χ0n) is 12.8. The predicted octanol–water partition coefficient (Wildman–Crippen LogP) is 4.29. The lowest BCUT2D eigenvalue weighted by molar-refractivity contribution is 0.140. The quantitative estimate of drug-likeness (QED) is 0.791. The lowest BCUT2D eigenvalue weighted by Gasteiger charge is -2.14. The third-order valence-corrected chi connectivity index (χ3v) is 5.19. The van der Waals surface area contributed by atoms with Gasteiger partial charge in [0.05, 0.1) is 9.88 Å². The molecule has 2 aromatic rings. The molecule has 0 fully saturated rings. The van der Waals surface area contributed by atoms with Crippen LogP contribution in [0.4, 0.5) is 0 Å². The molecule has 21 heavy (non-hydrogen) atoms. The zero-order valence-corrected chi connectivity index (χ0v) is 15.2. The Morgan fingerprint density at radius 3 is 2.67 bits per heavy atom. The Labute approximate surface area is 138 Å². The lowest BCUT2D eigenvalue weighted by atomic mass is 9.98. The van der Waals surface area contributed by atoms with E-state index in [0.29, 0.717) is 6.54 Å². The molecule has 1 aromatic carbocycles. The maximum Gasteiger partial charge on any atom is 0.142 e. The smallest absolute Gasteiger partial charge is 0.142 e. The summed E-state index contributed by atoms with van der Waals surface area (Å²) in [6.45, 7) is 9.07. The van der Waals surface area contributed by atoms with Gasteiger partial charge in [0.1, 0.15) is 6.23 Å². The highest BCUT2D eigenvalue weighted by Crippen LogP contribution is 2.29. The number of benzene rings is 1. The molecule has 3 nitrogen and oxygen atoms in total. The fraction of sp³-hybridized carbons (Fsp3) is 0.438. The number of rotatable bonds is 4. The van der Waals surface area contributed by atoms with E-state index in [4.69, 9.17) is 0 Å². The fourth-order valence-corrected chi connectivity index (χ4v) is 3.34. The van der Waals surface area contributed by atoms with Crippen molar-refractivity contribution in [1.29, 1.82) is 0 Å². The van der Waals surface area contributed by atoms with Crippen LogP contribution in [-0.2, 0) is 12.0 Å². The largest absolute Gasteiger partial charge is 0.373 e. The number of hydrogen-bond acceptors (Lipinski definition) is 4. The second-order valence-electron chi connectivity index (χ2n) is 6.17. The van der Waals surface area contributed by atoms with Crippen LogP contribution in [0.1, 0.15) is 48.0 Å². The SMILES string of the molecule is Cc1cc(Br)ccc1CNC(O)c1cnc(C(C)(C)C)s1. The lowest BCUT2D eigenvalue weighted by Crippen LogP contribution is -2.20. The highest BCUT2D eigenvalue weighted by atomic mass is 79.9. The monoisotopic (exact) mass is 368 g/mol. The molecule has 2 N–H and O–H groups in total. The second-order valence-corrected chi connectivity index (χ2v) is 8.15. The van der Waals surface area contributed by atoms with Crippen molar-refractivity contribution in [3.8, 4) is 0 Å². The van der Waals surface area contributed by atoms with Crippen molar-refractivity contribution in [2.45, 2.75) is 45.9 Å². The third kappa shape index (κ3) is 4.36. The highest BCUT2D eigenvalue weighted by molar-refractivity contribution is 9.10. The van der Waals surface area contributed by atoms with Gasteiger partial charge >= 0.3 is 0 Å². The van der Waals surface area contributed by atoms with Gasteiger partial charge in [0.15, 0.2) is 0 Å². The van der Waals surface area contributed by atoms with Gasteiger partial charge in [-0.2, -0.15) is 0 Å². The van der Waals surface area contributed by atoms with Crippen molar-refractivity contribution in [3.63, 3.8) is 0 Å². The van der Waals surface area contributed by atoms with E-state index >= 15 is 0 Å². The first-order valence-electron chi connectivity index (χ1n) is 6.90.